The van der Waals surface area contributed by atoms with Crippen molar-refractivity contribution in [3.8, 4) is 0 Å². The molecule has 0 atom stereocenters. The third-order valence-corrected chi connectivity index (χ3v) is 2.91. The Bertz CT molecular complexity index is 578. The van der Waals surface area contributed by atoms with Crippen molar-refractivity contribution in [1.82, 2.24) is 0 Å². The van der Waals surface area contributed by atoms with Gasteiger partial charge in [-0.05, 0) is 12.1 Å². The van der Waals surface area contributed by atoms with E-state index in [1.54, 1.807) is 12.1 Å². The summed E-state index contributed by atoms with van der Waals surface area (Å²) < 4.78 is 5.29. The summed E-state index contributed by atoms with van der Waals surface area (Å²) in [6, 6.07) is 14.8. The molecule has 83 valence electrons. The molecule has 2 aromatic rings. The quantitative estimate of drug-likeness (QED) is 0.718. The SMILES string of the molecule is O=C1O[C](c2ccccc2)c2ccc(Cl)cc21. The molecule has 0 spiro atoms. The molecule has 0 unspecified atom stereocenters. The van der Waals surface area contributed by atoms with E-state index in [-0.39, 0.29) is 5.97 Å². The minimum absolute atomic E-state index is 0.346. The van der Waals surface area contributed by atoms with Crippen LogP contribution >= 0.6 is 11.6 Å². The minimum atomic E-state index is -0.346. The number of carbonyl (C=O) groups is 1. The second-order valence-corrected chi connectivity index (χ2v) is 4.21. The molecule has 1 aliphatic rings. The number of halogens is 1. The summed E-state index contributed by atoms with van der Waals surface area (Å²) in [6.07, 6.45) is 0.599. The summed E-state index contributed by atoms with van der Waals surface area (Å²) in [6.45, 7) is 0. The van der Waals surface area contributed by atoms with Crippen LogP contribution in [0.2, 0.25) is 5.02 Å². The average molecular weight is 244 g/mol. The lowest BCUT2D eigenvalue weighted by Gasteiger charge is -2.08. The lowest BCUT2D eigenvalue weighted by atomic mass is 9.99. The number of fused-ring (bicyclic) bond motifs is 1. The Labute approximate surface area is 104 Å². The van der Waals surface area contributed by atoms with E-state index in [0.717, 1.165) is 11.1 Å². The van der Waals surface area contributed by atoms with Gasteiger partial charge in [0.2, 0.25) is 6.10 Å². The Morgan fingerprint density at radius 3 is 2.47 bits per heavy atom. The fourth-order valence-electron chi connectivity index (χ4n) is 1.89. The maximum atomic E-state index is 11.7. The summed E-state index contributed by atoms with van der Waals surface area (Å²) in [7, 11) is 0. The van der Waals surface area contributed by atoms with Gasteiger partial charge in [-0.2, -0.15) is 0 Å². The van der Waals surface area contributed by atoms with Gasteiger partial charge in [0, 0.05) is 16.1 Å². The Morgan fingerprint density at radius 1 is 0.941 bits per heavy atom. The summed E-state index contributed by atoms with van der Waals surface area (Å²) in [5, 5.41) is 0.537. The van der Waals surface area contributed by atoms with Gasteiger partial charge in [0.1, 0.15) is 0 Å². The van der Waals surface area contributed by atoms with E-state index in [4.69, 9.17) is 16.3 Å². The molecule has 0 saturated heterocycles. The molecule has 2 nitrogen and oxygen atoms in total. The molecule has 2 aromatic carbocycles. The van der Waals surface area contributed by atoms with Crippen LogP contribution in [0.25, 0.3) is 0 Å². The monoisotopic (exact) mass is 243 g/mol. The second kappa shape index (κ2) is 3.90. The molecule has 1 heterocycles. The van der Waals surface area contributed by atoms with Gasteiger partial charge in [0.15, 0.2) is 0 Å². The molecule has 3 rings (SSSR count). The van der Waals surface area contributed by atoms with Crippen molar-refractivity contribution in [3.63, 3.8) is 0 Å². The number of carbonyl (C=O) groups excluding carboxylic acids is 1. The predicted octanol–water partition coefficient (Wildman–Crippen LogP) is 3.44. The maximum absolute atomic E-state index is 11.7. The van der Waals surface area contributed by atoms with E-state index in [1.807, 2.05) is 36.4 Å². The first-order valence-electron chi connectivity index (χ1n) is 5.20. The van der Waals surface area contributed by atoms with Crippen molar-refractivity contribution in [1.29, 1.82) is 0 Å². The van der Waals surface area contributed by atoms with Crippen LogP contribution in [0, 0.1) is 6.10 Å². The van der Waals surface area contributed by atoms with Gasteiger partial charge in [-0.25, -0.2) is 4.79 Å². The van der Waals surface area contributed by atoms with Gasteiger partial charge < -0.3 is 4.74 Å². The molecular formula is C14H8ClO2. The number of ether oxygens (including phenoxy) is 1. The molecule has 1 radical (unpaired) electrons. The Hall–Kier alpha value is -1.80. The van der Waals surface area contributed by atoms with E-state index in [9.17, 15) is 4.79 Å². The van der Waals surface area contributed by atoms with Crippen LogP contribution in [0.5, 0.6) is 0 Å². The third kappa shape index (κ3) is 1.71. The highest BCUT2D eigenvalue weighted by Gasteiger charge is 2.33. The van der Waals surface area contributed by atoms with E-state index in [2.05, 4.69) is 0 Å². The highest BCUT2D eigenvalue weighted by Crippen LogP contribution is 2.35. The van der Waals surface area contributed by atoms with Crippen LogP contribution in [0.15, 0.2) is 48.5 Å². The van der Waals surface area contributed by atoms with Crippen LogP contribution in [-0.2, 0) is 4.74 Å². The summed E-state index contributed by atoms with van der Waals surface area (Å²) in [5.74, 6) is -0.346. The first-order valence-corrected chi connectivity index (χ1v) is 5.58. The van der Waals surface area contributed by atoms with E-state index in [0.29, 0.717) is 16.7 Å². The minimum Gasteiger partial charge on any atom is -0.440 e. The van der Waals surface area contributed by atoms with Gasteiger partial charge in [-0.15, -0.1) is 0 Å². The van der Waals surface area contributed by atoms with Crippen LogP contribution in [-0.4, -0.2) is 5.97 Å². The van der Waals surface area contributed by atoms with Gasteiger partial charge in [-0.3, -0.25) is 0 Å². The van der Waals surface area contributed by atoms with Gasteiger partial charge in [-0.1, -0.05) is 48.0 Å². The zero-order valence-electron chi connectivity index (χ0n) is 8.81. The van der Waals surface area contributed by atoms with Crippen molar-refractivity contribution in [2.45, 2.75) is 0 Å². The fourth-order valence-corrected chi connectivity index (χ4v) is 2.06. The normalized spacial score (nSPS) is 14.5. The molecule has 0 aromatic heterocycles. The molecule has 1 aliphatic heterocycles. The number of esters is 1. The second-order valence-electron chi connectivity index (χ2n) is 3.77. The molecule has 0 bridgehead atoms. The van der Waals surface area contributed by atoms with Crippen LogP contribution in [0.1, 0.15) is 21.5 Å². The predicted molar refractivity (Wildman–Crippen MR) is 64.8 cm³/mol. The van der Waals surface area contributed by atoms with Crippen molar-refractivity contribution in [2.75, 3.05) is 0 Å². The molecule has 0 aliphatic carbocycles. The van der Waals surface area contributed by atoms with Crippen LogP contribution in [0.4, 0.5) is 0 Å². The number of benzene rings is 2. The zero-order chi connectivity index (χ0) is 11.8. The Morgan fingerprint density at radius 2 is 1.71 bits per heavy atom. The zero-order valence-corrected chi connectivity index (χ0v) is 9.57. The summed E-state index contributed by atoms with van der Waals surface area (Å²) >= 11 is 5.87. The van der Waals surface area contributed by atoms with Gasteiger partial charge >= 0.3 is 5.97 Å². The van der Waals surface area contributed by atoms with E-state index < -0.39 is 0 Å². The molecule has 0 amide bonds. The number of hydrogen-bond donors (Lipinski definition) is 0. The lowest BCUT2D eigenvalue weighted by Crippen LogP contribution is -2.01. The fraction of sp³-hybridized carbons (Fsp3) is 0. The highest BCUT2D eigenvalue weighted by molar-refractivity contribution is 6.31. The Balaban J connectivity index is 2.11. The van der Waals surface area contributed by atoms with Crippen LogP contribution < -0.4 is 0 Å². The molecule has 3 heteroatoms. The Kier molecular flexibility index (Phi) is 2.37. The number of cyclic esters (lactones) is 1. The van der Waals surface area contributed by atoms with Gasteiger partial charge in [0.05, 0.1) is 5.56 Å². The van der Waals surface area contributed by atoms with E-state index in [1.165, 1.54) is 0 Å². The van der Waals surface area contributed by atoms with Crippen molar-refractivity contribution >= 4 is 17.6 Å². The molecular weight excluding hydrogens is 236 g/mol. The van der Waals surface area contributed by atoms with Gasteiger partial charge in [0.25, 0.3) is 0 Å². The largest absolute Gasteiger partial charge is 0.440 e. The summed E-state index contributed by atoms with van der Waals surface area (Å²) in [5.41, 5.74) is 2.21. The average Bonchev–Trinajstić information content (AvgIpc) is 2.68. The first kappa shape index (κ1) is 10.4. The summed E-state index contributed by atoms with van der Waals surface area (Å²) in [4.78, 5) is 11.7. The smallest absolute Gasteiger partial charge is 0.340 e. The van der Waals surface area contributed by atoms with Crippen molar-refractivity contribution < 1.29 is 9.53 Å². The van der Waals surface area contributed by atoms with Crippen molar-refractivity contribution in [3.05, 3.63) is 76.3 Å². The van der Waals surface area contributed by atoms with E-state index >= 15 is 0 Å². The third-order valence-electron chi connectivity index (χ3n) is 2.68. The first-order chi connectivity index (χ1) is 8.25. The topological polar surface area (TPSA) is 26.3 Å². The van der Waals surface area contributed by atoms with Crippen molar-refractivity contribution in [2.24, 2.45) is 0 Å². The number of rotatable bonds is 1. The molecule has 0 N–H and O–H groups in total. The lowest BCUT2D eigenvalue weighted by molar-refractivity contribution is 0.0619. The number of hydrogen-bond acceptors (Lipinski definition) is 2. The van der Waals surface area contributed by atoms with Crippen LogP contribution in [0.3, 0.4) is 0 Å². The maximum Gasteiger partial charge on any atom is 0.340 e. The standard InChI is InChI=1S/C14H8ClO2/c15-10-6-7-11-12(8-10)14(16)17-13(11)9-4-2-1-3-5-9/h1-8H. The molecule has 0 saturated carbocycles. The molecule has 0 fully saturated rings. The molecule has 17 heavy (non-hydrogen) atoms. The highest BCUT2D eigenvalue weighted by atomic mass is 35.5.